The Hall–Kier alpha value is -9.84. The molecule has 1 saturated heterocycles. The largest absolute Gasteiger partial charge is 0.322 e. The Labute approximate surface area is 520 Å². The predicted octanol–water partition coefficient (Wildman–Crippen LogP) is 5.86. The van der Waals surface area contributed by atoms with E-state index in [1.165, 1.54) is 107 Å². The Morgan fingerprint density at radius 1 is 0.293 bits per heavy atom. The van der Waals surface area contributed by atoms with E-state index in [2.05, 4.69) is 31.9 Å². The van der Waals surface area contributed by atoms with E-state index in [9.17, 15) is 107 Å². The van der Waals surface area contributed by atoms with Gasteiger partial charge in [0.1, 0.15) is 19.6 Å². The van der Waals surface area contributed by atoms with Crippen molar-refractivity contribution >= 4 is 152 Å². The van der Waals surface area contributed by atoms with Gasteiger partial charge in [-0.25, -0.2) is 9.59 Å². The van der Waals surface area contributed by atoms with Crippen LogP contribution in [0.3, 0.4) is 0 Å². The smallest absolute Gasteiger partial charge is 0.321 e. The lowest BCUT2D eigenvalue weighted by molar-refractivity contribution is 0.101. The van der Waals surface area contributed by atoms with Gasteiger partial charge < -0.3 is 41.7 Å². The molecule has 9 rings (SSSR count). The van der Waals surface area contributed by atoms with Crippen molar-refractivity contribution in [1.29, 1.82) is 0 Å². The molecule has 32 nitrogen and oxygen atoms in total. The molecule has 0 spiro atoms. The highest BCUT2D eigenvalue weighted by Crippen LogP contribution is 2.39. The Balaban J connectivity index is 0.737. The van der Waals surface area contributed by atoms with Crippen molar-refractivity contribution in [2.24, 2.45) is 0 Å². The van der Waals surface area contributed by atoms with Crippen molar-refractivity contribution in [1.82, 2.24) is 9.80 Å². The van der Waals surface area contributed by atoms with Gasteiger partial charge in [-0.3, -0.25) is 46.5 Å². The monoisotopic (exact) mass is 1380 g/mol. The summed E-state index contributed by atoms with van der Waals surface area (Å²) in [4.78, 5) is 75.5. The molecular formula is C54H44N8O24S6. The van der Waals surface area contributed by atoms with Crippen molar-refractivity contribution in [2.75, 3.05) is 58.1 Å². The number of urea groups is 2. The van der Waals surface area contributed by atoms with E-state index in [-0.39, 0.29) is 59.8 Å². The maximum absolute atomic E-state index is 13.4. The summed E-state index contributed by atoms with van der Waals surface area (Å²) in [5.41, 5.74) is 0.155. The Morgan fingerprint density at radius 3 is 0.793 bits per heavy atom. The zero-order valence-corrected chi connectivity index (χ0v) is 51.0. The Bertz CT molecular complexity index is 4830. The molecule has 8 aromatic carbocycles. The molecule has 1 aliphatic rings. The molecule has 12 N–H and O–H groups in total. The van der Waals surface area contributed by atoms with Gasteiger partial charge in [0, 0.05) is 92.7 Å². The molecule has 1 fully saturated rings. The van der Waals surface area contributed by atoms with E-state index in [4.69, 9.17) is 0 Å². The van der Waals surface area contributed by atoms with Crippen LogP contribution >= 0.6 is 0 Å². The van der Waals surface area contributed by atoms with Gasteiger partial charge in [-0.2, -0.15) is 50.5 Å². The van der Waals surface area contributed by atoms with Crippen molar-refractivity contribution < 1.29 is 107 Å². The summed E-state index contributed by atoms with van der Waals surface area (Å²) < 4.78 is 205. The summed E-state index contributed by atoms with van der Waals surface area (Å²) in [7, 11) is -31.6. The fourth-order valence-corrected chi connectivity index (χ4v) is 13.4. The molecule has 0 radical (unpaired) electrons. The number of rotatable bonds is 16. The molecule has 92 heavy (non-hydrogen) atoms. The second kappa shape index (κ2) is 25.1. The quantitative estimate of drug-likeness (QED) is 0.0504. The molecule has 0 atom stereocenters. The predicted molar refractivity (Wildman–Crippen MR) is 326 cm³/mol. The van der Waals surface area contributed by atoms with Crippen LogP contribution in [0.2, 0.25) is 0 Å². The van der Waals surface area contributed by atoms with Gasteiger partial charge in [-0.15, -0.1) is 0 Å². The number of carbonyl (C=O) groups excluding carboxylic acids is 6. The van der Waals surface area contributed by atoms with Gasteiger partial charge in [-0.1, -0.05) is 0 Å². The second-order valence-electron chi connectivity index (χ2n) is 19.7. The van der Waals surface area contributed by atoms with Gasteiger partial charge in [0.2, 0.25) is 0 Å². The van der Waals surface area contributed by atoms with Crippen LogP contribution in [0.5, 0.6) is 0 Å². The molecule has 8 amide bonds. The van der Waals surface area contributed by atoms with Crippen LogP contribution in [-0.4, -0.2) is 149 Å². The maximum Gasteiger partial charge on any atom is 0.321 e. The number of hydrogen-bond donors (Lipinski definition) is 12. The van der Waals surface area contributed by atoms with Gasteiger partial charge >= 0.3 is 12.1 Å². The van der Waals surface area contributed by atoms with Gasteiger partial charge in [0.15, 0.2) is 0 Å². The molecule has 8 aromatic rings. The molecular weight excluding hydrogens is 1340 g/mol. The number of carbonyl (C=O) groups is 6. The average molecular weight is 1380 g/mol. The van der Waals surface area contributed by atoms with E-state index in [0.29, 0.717) is 47.8 Å². The van der Waals surface area contributed by atoms with E-state index >= 15 is 0 Å². The summed E-state index contributed by atoms with van der Waals surface area (Å²) in [6.45, 7) is 0.526. The Kier molecular flexibility index (Phi) is 18.2. The zero-order chi connectivity index (χ0) is 67.2. The summed E-state index contributed by atoms with van der Waals surface area (Å²) in [6.07, 6.45) is 0. The van der Waals surface area contributed by atoms with E-state index in [0.717, 1.165) is 12.1 Å². The molecule has 480 valence electrons. The molecule has 0 bridgehead atoms. The number of amides is 8. The van der Waals surface area contributed by atoms with Crippen LogP contribution in [0.15, 0.2) is 175 Å². The first kappa shape index (κ1) is 66.6. The highest BCUT2D eigenvalue weighted by atomic mass is 32.2. The lowest BCUT2D eigenvalue weighted by atomic mass is 10.1. The van der Waals surface area contributed by atoms with Crippen molar-refractivity contribution in [3.8, 4) is 0 Å². The van der Waals surface area contributed by atoms with E-state index in [1.54, 1.807) is 0 Å². The number of piperazine rings is 1. The molecule has 0 unspecified atom stereocenters. The van der Waals surface area contributed by atoms with Gasteiger partial charge in [0.05, 0.1) is 21.2 Å². The van der Waals surface area contributed by atoms with Crippen molar-refractivity contribution in [3.05, 3.63) is 168 Å². The third kappa shape index (κ3) is 15.1. The van der Waals surface area contributed by atoms with Crippen LogP contribution in [0.1, 0.15) is 41.4 Å². The zero-order valence-electron chi connectivity index (χ0n) is 46.1. The highest BCUT2D eigenvalue weighted by Gasteiger charge is 2.31. The number of nitrogens with zero attached hydrogens (tertiary/aromatic N) is 2. The molecule has 1 heterocycles. The van der Waals surface area contributed by atoms with E-state index in [1.807, 2.05) is 0 Å². The fraction of sp³-hybridized carbons (Fsp3) is 0.0741. The second-order valence-corrected chi connectivity index (χ2v) is 28.1. The number of anilines is 6. The van der Waals surface area contributed by atoms with Gasteiger partial charge in [-0.05, 0) is 146 Å². The minimum Gasteiger partial charge on any atom is -0.322 e. The molecule has 1 aliphatic heterocycles. The Morgan fingerprint density at radius 2 is 0.543 bits per heavy atom. The first-order valence-electron chi connectivity index (χ1n) is 25.7. The number of hydrogen-bond acceptors (Lipinski definition) is 18. The third-order valence-electron chi connectivity index (χ3n) is 13.7. The van der Waals surface area contributed by atoms with Gasteiger partial charge in [0.25, 0.3) is 84.3 Å². The number of fused-ring (bicyclic) bond motifs is 2. The lowest BCUT2D eigenvalue weighted by Gasteiger charge is -2.34. The van der Waals surface area contributed by atoms with Crippen LogP contribution in [-0.2, 0) is 60.7 Å². The minimum absolute atomic E-state index is 0.104. The SMILES string of the molecule is O=C(Nc1ccc(C(=O)Nc2ccc(S(=O)(=O)O)c3cc(S(=O)(=O)O)cc(S(=O)(=O)O)c23)cc1)c1ccc(NC(=O)N2CCN(C(=O)Nc3ccc(C(=O)Nc4ccc(C(=O)Nc5ccc(S(=O)(=O)O)c6cc(S(=O)(=O)O)cc(S(=O)(=O)O)c56)cc4)cc3)CC2)cc1. The van der Waals surface area contributed by atoms with Crippen molar-refractivity contribution in [2.45, 2.75) is 29.4 Å². The summed E-state index contributed by atoms with van der Waals surface area (Å²) >= 11 is 0. The lowest BCUT2D eigenvalue weighted by Crippen LogP contribution is -2.52. The summed E-state index contributed by atoms with van der Waals surface area (Å²) in [5.74, 6) is -3.11. The van der Waals surface area contributed by atoms with Crippen LogP contribution in [0, 0.1) is 0 Å². The first-order valence-corrected chi connectivity index (χ1v) is 34.3. The topological polar surface area (TPSA) is 507 Å². The van der Waals surface area contributed by atoms with Crippen LogP contribution in [0.25, 0.3) is 21.5 Å². The number of nitrogens with one attached hydrogen (secondary N) is 6. The first-order chi connectivity index (χ1) is 42.8. The fourth-order valence-electron chi connectivity index (χ4n) is 9.28. The van der Waals surface area contributed by atoms with Crippen molar-refractivity contribution in [3.63, 3.8) is 0 Å². The third-order valence-corrected chi connectivity index (χ3v) is 18.9. The number of benzene rings is 8. The average Bonchev–Trinajstić information content (AvgIpc) is 0.748. The maximum atomic E-state index is 13.4. The molecule has 0 saturated carbocycles. The molecule has 0 aliphatic carbocycles. The van der Waals surface area contributed by atoms with E-state index < -0.39 is 159 Å². The van der Waals surface area contributed by atoms with Crippen LogP contribution < -0.4 is 31.9 Å². The summed E-state index contributed by atoms with van der Waals surface area (Å²) in [5, 5.41) is 12.3. The minimum atomic E-state index is -5.39. The molecule has 38 heteroatoms. The molecule has 0 aromatic heterocycles. The highest BCUT2D eigenvalue weighted by molar-refractivity contribution is 7.88. The summed E-state index contributed by atoms with van der Waals surface area (Å²) in [6, 6.07) is 25.6. The normalized spacial score (nSPS) is 13.2. The van der Waals surface area contributed by atoms with Crippen LogP contribution in [0.4, 0.5) is 43.7 Å². The standard InChI is InChI=1S/C54H44N8O24S6/c63-49(55-33-9-1-31(2-10-33)51(65)59-41-17-19-43(89(75,76)77)39-25-37(87(69,70)71)27-45(47(39)41)91(81,82)83)29-5-13-35(14-6-29)57-53(67)61-21-23-62(24-22-61)54(68)58-36-15-7-30(8-16-36)50(64)56-34-11-3-32(4-12-34)52(66)60-42-18-20-44(90(78,79)80)40-26-38(88(72,73)74)28-46(48(40)42)92(84,85)86/h1-20,25-28H,21-24H2,(H,55,63)(H,56,64)(H,57,67)(H,58,68)(H,59,65)(H,60,66)(H,69,70,71)(H,72,73,74)(H,75,76,77)(H,78,79,80)(H,81,82,83)(H,84,85,86).